The first-order valence-corrected chi connectivity index (χ1v) is 7.72. The van der Waals surface area contributed by atoms with Gasteiger partial charge in [-0.25, -0.2) is 4.79 Å². The van der Waals surface area contributed by atoms with Crippen LogP contribution >= 0.6 is 15.9 Å². The number of amides is 1. The molecular weight excluding hydrogens is 348 g/mol. The van der Waals surface area contributed by atoms with Crippen LogP contribution in [0, 0.1) is 0 Å². The van der Waals surface area contributed by atoms with E-state index < -0.39 is 12.1 Å². The molecule has 1 aromatic heterocycles. The Morgan fingerprint density at radius 1 is 1.32 bits per heavy atom. The molecular formula is C16H17BrN2O3. The minimum atomic E-state index is -0.842. The third-order valence-electron chi connectivity index (χ3n) is 3.08. The second-order valence-electron chi connectivity index (χ2n) is 4.81. The average Bonchev–Trinajstić information content (AvgIpc) is 2.95. The molecule has 0 fully saturated rings. The van der Waals surface area contributed by atoms with Gasteiger partial charge in [-0.2, -0.15) is 0 Å². The predicted molar refractivity (Wildman–Crippen MR) is 86.5 cm³/mol. The lowest BCUT2D eigenvalue weighted by Crippen LogP contribution is -2.36. The van der Waals surface area contributed by atoms with Gasteiger partial charge in [0.1, 0.15) is 5.69 Å². The summed E-state index contributed by atoms with van der Waals surface area (Å²) in [5, 5.41) is 2.76. The zero-order valence-electron chi connectivity index (χ0n) is 12.1. The van der Waals surface area contributed by atoms with Crippen LogP contribution in [0.15, 0.2) is 47.1 Å². The van der Waals surface area contributed by atoms with Gasteiger partial charge in [0, 0.05) is 17.2 Å². The Labute approximate surface area is 137 Å². The van der Waals surface area contributed by atoms with Crippen LogP contribution in [-0.4, -0.2) is 29.5 Å². The molecule has 116 valence electrons. The molecule has 0 aliphatic rings. The number of aromatic amines is 1. The second kappa shape index (κ2) is 7.79. The van der Waals surface area contributed by atoms with Crippen LogP contribution in [0.4, 0.5) is 0 Å². The van der Waals surface area contributed by atoms with Crippen molar-refractivity contribution in [2.75, 3.05) is 6.54 Å². The fraction of sp³-hybridized carbons (Fsp3) is 0.250. The molecule has 1 aromatic carbocycles. The van der Waals surface area contributed by atoms with Gasteiger partial charge in [-0.1, -0.05) is 30.3 Å². The molecule has 1 amide bonds. The normalized spacial score (nSPS) is 11.7. The van der Waals surface area contributed by atoms with Crippen molar-refractivity contribution in [2.24, 2.45) is 0 Å². The Morgan fingerprint density at radius 3 is 2.68 bits per heavy atom. The molecule has 0 saturated carbocycles. The lowest BCUT2D eigenvalue weighted by Gasteiger charge is -2.13. The van der Waals surface area contributed by atoms with Gasteiger partial charge in [0.2, 0.25) is 0 Å². The van der Waals surface area contributed by atoms with E-state index in [0.29, 0.717) is 12.2 Å². The first-order valence-electron chi connectivity index (χ1n) is 6.93. The summed E-state index contributed by atoms with van der Waals surface area (Å²) < 4.78 is 5.86. The van der Waals surface area contributed by atoms with E-state index in [-0.39, 0.29) is 5.91 Å². The smallest absolute Gasteiger partial charge is 0.355 e. The Kier molecular flexibility index (Phi) is 5.77. The minimum Gasteiger partial charge on any atom is -0.448 e. The number of hydrogen-bond acceptors (Lipinski definition) is 3. The number of ether oxygens (including phenoxy) is 1. The van der Waals surface area contributed by atoms with Crippen molar-refractivity contribution in [3.63, 3.8) is 0 Å². The van der Waals surface area contributed by atoms with E-state index in [4.69, 9.17) is 4.74 Å². The van der Waals surface area contributed by atoms with Crippen LogP contribution in [0.1, 0.15) is 23.0 Å². The Balaban J connectivity index is 1.76. The van der Waals surface area contributed by atoms with Crippen LogP contribution < -0.4 is 5.32 Å². The van der Waals surface area contributed by atoms with Crippen molar-refractivity contribution in [2.45, 2.75) is 19.4 Å². The van der Waals surface area contributed by atoms with Gasteiger partial charge in [0.05, 0.1) is 0 Å². The third kappa shape index (κ3) is 4.73. The largest absolute Gasteiger partial charge is 0.448 e. The van der Waals surface area contributed by atoms with Gasteiger partial charge in [-0.3, -0.25) is 4.79 Å². The van der Waals surface area contributed by atoms with Crippen molar-refractivity contribution in [3.05, 3.63) is 58.3 Å². The van der Waals surface area contributed by atoms with E-state index in [1.807, 2.05) is 30.3 Å². The molecule has 0 aliphatic carbocycles. The first-order chi connectivity index (χ1) is 10.6. The maximum Gasteiger partial charge on any atom is 0.355 e. The Hall–Kier alpha value is -2.08. The van der Waals surface area contributed by atoms with Crippen molar-refractivity contribution in [3.8, 4) is 0 Å². The molecule has 0 radical (unpaired) electrons. The summed E-state index contributed by atoms with van der Waals surface area (Å²) in [5.74, 6) is -0.869. The van der Waals surface area contributed by atoms with E-state index in [1.165, 1.54) is 0 Å². The Morgan fingerprint density at radius 2 is 2.05 bits per heavy atom. The highest BCUT2D eigenvalue weighted by Gasteiger charge is 2.19. The maximum absolute atomic E-state index is 11.9. The summed E-state index contributed by atoms with van der Waals surface area (Å²) in [5.41, 5.74) is 1.44. The molecule has 1 atom stereocenters. The number of nitrogens with one attached hydrogen (secondary N) is 2. The van der Waals surface area contributed by atoms with Crippen LogP contribution in [-0.2, 0) is 16.0 Å². The molecule has 5 nitrogen and oxygen atoms in total. The number of aromatic nitrogens is 1. The summed E-state index contributed by atoms with van der Waals surface area (Å²) >= 11 is 3.23. The van der Waals surface area contributed by atoms with Crippen LogP contribution in [0.2, 0.25) is 0 Å². The van der Waals surface area contributed by atoms with Crippen LogP contribution in [0.5, 0.6) is 0 Å². The summed E-state index contributed by atoms with van der Waals surface area (Å²) in [7, 11) is 0. The second-order valence-corrected chi connectivity index (χ2v) is 5.72. The molecule has 2 rings (SSSR count). The molecule has 6 heteroatoms. The molecule has 1 heterocycles. The molecule has 1 unspecified atom stereocenters. The number of esters is 1. The van der Waals surface area contributed by atoms with Crippen LogP contribution in [0.25, 0.3) is 0 Å². The maximum atomic E-state index is 11.9. The topological polar surface area (TPSA) is 71.2 Å². The fourth-order valence-electron chi connectivity index (χ4n) is 1.88. The highest BCUT2D eigenvalue weighted by molar-refractivity contribution is 9.10. The number of rotatable bonds is 6. The zero-order chi connectivity index (χ0) is 15.9. The molecule has 0 aliphatic heterocycles. The predicted octanol–water partition coefficient (Wildman–Crippen LogP) is 2.68. The van der Waals surface area contributed by atoms with Crippen LogP contribution in [0.3, 0.4) is 0 Å². The summed E-state index contributed by atoms with van der Waals surface area (Å²) in [6, 6.07) is 11.5. The minimum absolute atomic E-state index is 0.302. The summed E-state index contributed by atoms with van der Waals surface area (Å²) in [4.78, 5) is 26.5. The number of carbonyl (C=O) groups excluding carboxylic acids is 2. The van der Waals surface area contributed by atoms with E-state index in [1.54, 1.807) is 19.2 Å². The average molecular weight is 365 g/mol. The molecule has 2 aromatic rings. The van der Waals surface area contributed by atoms with Gasteiger partial charge in [-0.05, 0) is 40.9 Å². The van der Waals surface area contributed by atoms with Gasteiger partial charge in [0.15, 0.2) is 6.10 Å². The standard InChI is InChI=1S/C16H17BrN2O3/c1-11(22-16(21)14-9-13(17)10-19-14)15(20)18-8-7-12-5-3-2-4-6-12/h2-6,9-11,19H,7-8H2,1H3,(H,18,20). The number of halogens is 1. The van der Waals surface area contributed by atoms with E-state index in [9.17, 15) is 9.59 Å². The third-order valence-corrected chi connectivity index (χ3v) is 3.53. The summed E-state index contributed by atoms with van der Waals surface area (Å²) in [6.07, 6.45) is 1.52. The highest BCUT2D eigenvalue weighted by atomic mass is 79.9. The molecule has 0 bridgehead atoms. The number of benzene rings is 1. The van der Waals surface area contributed by atoms with Crippen molar-refractivity contribution < 1.29 is 14.3 Å². The quantitative estimate of drug-likeness (QED) is 0.774. The van der Waals surface area contributed by atoms with Gasteiger partial charge in [-0.15, -0.1) is 0 Å². The molecule has 22 heavy (non-hydrogen) atoms. The van der Waals surface area contributed by atoms with E-state index in [2.05, 4.69) is 26.2 Å². The Bertz CT molecular complexity index is 640. The van der Waals surface area contributed by atoms with Crippen molar-refractivity contribution >= 4 is 27.8 Å². The van der Waals surface area contributed by atoms with Gasteiger partial charge >= 0.3 is 5.97 Å². The van der Waals surface area contributed by atoms with E-state index >= 15 is 0 Å². The number of carbonyl (C=O) groups is 2. The first kappa shape index (κ1) is 16.3. The number of H-pyrrole nitrogens is 1. The van der Waals surface area contributed by atoms with E-state index in [0.717, 1.165) is 16.5 Å². The molecule has 2 N–H and O–H groups in total. The van der Waals surface area contributed by atoms with Crippen molar-refractivity contribution in [1.29, 1.82) is 0 Å². The monoisotopic (exact) mass is 364 g/mol. The summed E-state index contributed by atoms with van der Waals surface area (Å²) in [6.45, 7) is 2.05. The lowest BCUT2D eigenvalue weighted by molar-refractivity contribution is -0.129. The number of hydrogen-bond donors (Lipinski definition) is 2. The fourth-order valence-corrected chi connectivity index (χ4v) is 2.23. The van der Waals surface area contributed by atoms with Crippen molar-refractivity contribution in [1.82, 2.24) is 10.3 Å². The molecule has 0 saturated heterocycles. The van der Waals surface area contributed by atoms with Gasteiger partial charge < -0.3 is 15.0 Å². The highest BCUT2D eigenvalue weighted by Crippen LogP contribution is 2.12. The zero-order valence-corrected chi connectivity index (χ0v) is 13.7. The molecule has 0 spiro atoms. The van der Waals surface area contributed by atoms with Gasteiger partial charge in [0.25, 0.3) is 5.91 Å². The lowest BCUT2D eigenvalue weighted by atomic mass is 10.1. The SMILES string of the molecule is CC(OC(=O)c1cc(Br)c[nH]1)C(=O)NCCc1ccccc1.